The molecule has 6 aliphatic rings. The Morgan fingerprint density at radius 2 is 1.72 bits per heavy atom. The Kier molecular flexibility index (Phi) is 10.2. The van der Waals surface area contributed by atoms with E-state index in [0.717, 1.165) is 87.0 Å². The molecule has 4 aliphatic carbocycles. The van der Waals surface area contributed by atoms with Gasteiger partial charge in [0.05, 0.1) is 24.1 Å². The summed E-state index contributed by atoms with van der Waals surface area (Å²) in [7, 11) is -3.87. The molecule has 8 rings (SSSR count). The highest BCUT2D eigenvalue weighted by atomic mass is 32.2. The van der Waals surface area contributed by atoms with Gasteiger partial charge in [0.1, 0.15) is 23.8 Å². The molecule has 1 unspecified atom stereocenters. The number of aromatic nitrogens is 1. The first-order chi connectivity index (χ1) is 26.0. The molecule has 5 fully saturated rings. The van der Waals surface area contributed by atoms with Gasteiger partial charge in [-0.05, 0) is 106 Å². The van der Waals surface area contributed by atoms with Crippen LogP contribution in [0.2, 0.25) is 0 Å². The quantitative estimate of drug-likeness (QED) is 0.296. The van der Waals surface area contributed by atoms with Crippen molar-refractivity contribution in [3.05, 3.63) is 48.7 Å². The van der Waals surface area contributed by atoms with E-state index in [4.69, 9.17) is 9.47 Å². The van der Waals surface area contributed by atoms with E-state index in [-0.39, 0.29) is 55.6 Å². The smallest absolute Gasteiger partial charge is 0.306 e. The molecule has 0 spiro atoms. The van der Waals surface area contributed by atoms with E-state index in [1.165, 1.54) is 4.90 Å². The number of nitrogens with zero attached hydrogens (tertiary/aromatic N) is 2. The number of sulfonamides is 1. The van der Waals surface area contributed by atoms with Crippen LogP contribution >= 0.6 is 0 Å². The zero-order valence-electron chi connectivity index (χ0n) is 30.9. The van der Waals surface area contributed by atoms with E-state index < -0.39 is 56.6 Å². The maximum absolute atomic E-state index is 14.9. The molecule has 4 bridgehead atoms. The van der Waals surface area contributed by atoms with Gasteiger partial charge in [0.25, 0.3) is 5.91 Å². The second-order valence-corrected chi connectivity index (χ2v) is 18.6. The van der Waals surface area contributed by atoms with Crippen molar-refractivity contribution in [2.45, 2.75) is 132 Å². The van der Waals surface area contributed by atoms with Crippen LogP contribution in [-0.4, -0.2) is 77.6 Å². The van der Waals surface area contributed by atoms with Gasteiger partial charge >= 0.3 is 5.97 Å². The van der Waals surface area contributed by atoms with Crippen LogP contribution in [0.1, 0.15) is 102 Å². The SMILES string of the molecule is C=C[C@H]1C[C@]1(NC(=O)[C@@H]1CC2CN1C(=O)[C@H](C1CCCCC1)CC(=O)O[C@H]1CCC[C@@H]1CCCc1ccc3ccnc(c3c1)O2)C(=O)NS(=O)(=O)C1CC1. The summed E-state index contributed by atoms with van der Waals surface area (Å²) < 4.78 is 40.5. The highest BCUT2D eigenvalue weighted by molar-refractivity contribution is 7.91. The molecule has 13 heteroatoms. The molecule has 3 amide bonds. The van der Waals surface area contributed by atoms with Crippen molar-refractivity contribution in [3.8, 4) is 5.88 Å². The van der Waals surface area contributed by atoms with Crippen molar-refractivity contribution < 1.29 is 37.1 Å². The third kappa shape index (κ3) is 7.49. The lowest BCUT2D eigenvalue weighted by Crippen LogP contribution is -2.57. The van der Waals surface area contributed by atoms with Gasteiger partial charge < -0.3 is 19.7 Å². The molecule has 1 saturated heterocycles. The van der Waals surface area contributed by atoms with Crippen molar-refractivity contribution in [3.63, 3.8) is 0 Å². The largest absolute Gasteiger partial charge is 0.472 e. The van der Waals surface area contributed by atoms with E-state index in [2.05, 4.69) is 39.8 Å². The molecule has 3 heterocycles. The van der Waals surface area contributed by atoms with E-state index in [0.29, 0.717) is 18.7 Å². The number of hydrogen-bond acceptors (Lipinski definition) is 9. The second kappa shape index (κ2) is 14.9. The first kappa shape index (κ1) is 36.9. The van der Waals surface area contributed by atoms with Crippen LogP contribution in [0.15, 0.2) is 43.1 Å². The topological polar surface area (TPSA) is 161 Å². The Balaban J connectivity index is 1.12. The van der Waals surface area contributed by atoms with Gasteiger partial charge in [-0.15, -0.1) is 6.58 Å². The molecule has 2 aliphatic heterocycles. The molecule has 4 saturated carbocycles. The standard InChI is InChI=1S/C41H52N4O8S/c1-2-29-23-41(29,40(49)44-54(50,51)31-16-17-31)43-37(47)34-21-30-24-45(34)39(48)33(26-9-4-3-5-10-26)22-36(46)53-35-13-7-12-28(35)11-6-8-25-14-15-27-18-19-42-38(52-30)32(27)20-25/h2,14-15,18-20,26,28-31,33-35H,1,3-13,16-17,21-24H2,(H,43,47)(H,44,49)/t28-,29-,30?,33-,34-,35-,41+/m0/s1. The fraction of sp³-hybridized carbons (Fsp3) is 0.634. The maximum Gasteiger partial charge on any atom is 0.306 e. The molecular weight excluding hydrogens is 709 g/mol. The van der Waals surface area contributed by atoms with E-state index in [9.17, 15) is 27.6 Å². The second-order valence-electron chi connectivity index (χ2n) is 16.7. The predicted molar refractivity (Wildman–Crippen MR) is 200 cm³/mol. The van der Waals surface area contributed by atoms with Gasteiger partial charge in [0.2, 0.25) is 27.7 Å². The Labute approximate surface area is 317 Å². The number of pyridine rings is 1. The molecule has 2 aromatic rings. The lowest BCUT2D eigenvalue weighted by Gasteiger charge is -2.34. The predicted octanol–water partition coefficient (Wildman–Crippen LogP) is 4.89. The normalized spacial score (nSPS) is 32.2. The van der Waals surface area contributed by atoms with Crippen molar-refractivity contribution in [2.24, 2.45) is 23.7 Å². The number of rotatable bonds is 7. The molecule has 7 atom stereocenters. The van der Waals surface area contributed by atoms with Crippen LogP contribution in [0.4, 0.5) is 0 Å². The van der Waals surface area contributed by atoms with Crippen molar-refractivity contribution >= 4 is 44.5 Å². The monoisotopic (exact) mass is 760 g/mol. The first-order valence-corrected chi connectivity index (χ1v) is 21.6. The van der Waals surface area contributed by atoms with E-state index in [1.807, 2.05) is 6.07 Å². The average Bonchev–Trinajstić information content (AvgIpc) is 4.06. The van der Waals surface area contributed by atoms with Crippen molar-refractivity contribution in [1.29, 1.82) is 0 Å². The lowest BCUT2D eigenvalue weighted by atomic mass is 9.77. The summed E-state index contributed by atoms with van der Waals surface area (Å²) in [5.74, 6) is -2.53. The number of fused-ring (bicyclic) bond motifs is 4. The Bertz CT molecular complexity index is 1930. The van der Waals surface area contributed by atoms with Crippen LogP contribution in [0.3, 0.4) is 0 Å². The van der Waals surface area contributed by atoms with Crippen LogP contribution in [0.5, 0.6) is 5.88 Å². The number of benzene rings is 1. The number of carbonyl (C=O) groups excluding carboxylic acids is 4. The van der Waals surface area contributed by atoms with Gasteiger partial charge in [-0.2, -0.15) is 0 Å². The van der Waals surface area contributed by atoms with Crippen LogP contribution in [0.25, 0.3) is 10.8 Å². The Hall–Kier alpha value is -4.00. The third-order valence-electron chi connectivity index (χ3n) is 13.0. The van der Waals surface area contributed by atoms with Gasteiger partial charge in [0.15, 0.2) is 0 Å². The van der Waals surface area contributed by atoms with Crippen LogP contribution in [0, 0.1) is 23.7 Å². The fourth-order valence-electron chi connectivity index (χ4n) is 9.65. The highest BCUT2D eigenvalue weighted by Gasteiger charge is 2.62. The fourth-order valence-corrected chi connectivity index (χ4v) is 11.0. The van der Waals surface area contributed by atoms with E-state index >= 15 is 0 Å². The molecule has 12 nitrogen and oxygen atoms in total. The summed E-state index contributed by atoms with van der Waals surface area (Å²) in [4.78, 5) is 62.8. The lowest BCUT2D eigenvalue weighted by molar-refractivity contribution is -0.157. The zero-order valence-corrected chi connectivity index (χ0v) is 31.7. The van der Waals surface area contributed by atoms with Gasteiger partial charge in [-0.25, -0.2) is 13.4 Å². The number of carbonyl (C=O) groups is 4. The molecule has 2 N–H and O–H groups in total. The third-order valence-corrected chi connectivity index (χ3v) is 14.8. The zero-order chi connectivity index (χ0) is 37.6. The molecule has 1 aromatic carbocycles. The highest BCUT2D eigenvalue weighted by Crippen LogP contribution is 2.46. The summed E-state index contributed by atoms with van der Waals surface area (Å²) in [5.41, 5.74) is -0.351. The number of aryl methyl sites for hydroxylation is 1. The molecular formula is C41H52N4O8S. The van der Waals surface area contributed by atoms with Gasteiger partial charge in [0, 0.05) is 23.9 Å². The summed E-state index contributed by atoms with van der Waals surface area (Å²) in [6, 6.07) is 7.19. The number of ether oxygens (including phenoxy) is 2. The Morgan fingerprint density at radius 1 is 0.944 bits per heavy atom. The average molecular weight is 761 g/mol. The summed E-state index contributed by atoms with van der Waals surface area (Å²) in [5, 5.41) is 4.09. The number of esters is 1. The van der Waals surface area contributed by atoms with Gasteiger partial charge in [-0.1, -0.05) is 37.5 Å². The van der Waals surface area contributed by atoms with Gasteiger partial charge in [-0.3, -0.25) is 23.9 Å². The minimum absolute atomic E-state index is 0.0380. The molecule has 290 valence electrons. The minimum Gasteiger partial charge on any atom is -0.472 e. The minimum atomic E-state index is -3.87. The van der Waals surface area contributed by atoms with Crippen LogP contribution < -0.4 is 14.8 Å². The number of nitrogens with one attached hydrogen (secondary N) is 2. The summed E-state index contributed by atoms with van der Waals surface area (Å²) in [6.07, 6.45) is 13.9. The molecule has 1 aromatic heterocycles. The Morgan fingerprint density at radius 3 is 2.48 bits per heavy atom. The maximum atomic E-state index is 14.9. The number of amides is 3. The van der Waals surface area contributed by atoms with Crippen molar-refractivity contribution in [1.82, 2.24) is 19.9 Å². The van der Waals surface area contributed by atoms with E-state index in [1.54, 1.807) is 12.3 Å². The molecule has 0 radical (unpaired) electrons. The number of hydrogen-bond donors (Lipinski definition) is 2. The summed E-state index contributed by atoms with van der Waals surface area (Å²) >= 11 is 0. The van der Waals surface area contributed by atoms with Crippen LogP contribution in [-0.2, 0) is 40.4 Å². The van der Waals surface area contributed by atoms with Crippen molar-refractivity contribution in [2.75, 3.05) is 6.54 Å². The molecule has 54 heavy (non-hydrogen) atoms. The summed E-state index contributed by atoms with van der Waals surface area (Å²) in [6.45, 7) is 3.90. The first-order valence-electron chi connectivity index (χ1n) is 20.1.